The first-order valence-electron chi connectivity index (χ1n) is 7.41. The van der Waals surface area contributed by atoms with E-state index in [1.165, 1.54) is 34.3 Å². The smallest absolute Gasteiger partial charge is 0.277 e. The highest BCUT2D eigenvalue weighted by Gasteiger charge is 2.17. The van der Waals surface area contributed by atoms with Crippen molar-refractivity contribution in [2.24, 2.45) is 0 Å². The normalized spacial score (nSPS) is 10.7. The van der Waals surface area contributed by atoms with Crippen LogP contribution in [0.2, 0.25) is 0 Å². The summed E-state index contributed by atoms with van der Waals surface area (Å²) in [7, 11) is 0. The lowest BCUT2D eigenvalue weighted by Crippen LogP contribution is -2.17. The van der Waals surface area contributed by atoms with Crippen molar-refractivity contribution in [3.63, 3.8) is 0 Å². The SMILES string of the molecule is O=C(Nc1nc(-c2ccc(F)cn2)cs1)c1cnnn1-c1ccccn1. The van der Waals surface area contributed by atoms with Crippen LogP contribution in [-0.4, -0.2) is 35.9 Å². The molecule has 0 unspecified atom stereocenters. The number of carbonyl (C=O) groups excluding carboxylic acids is 1. The van der Waals surface area contributed by atoms with Crippen LogP contribution in [0.25, 0.3) is 17.2 Å². The van der Waals surface area contributed by atoms with Gasteiger partial charge in [-0.2, -0.15) is 4.68 Å². The first kappa shape index (κ1) is 16.0. The summed E-state index contributed by atoms with van der Waals surface area (Å²) in [4.78, 5) is 24.9. The van der Waals surface area contributed by atoms with Gasteiger partial charge in [0.05, 0.1) is 18.1 Å². The molecule has 0 saturated heterocycles. The van der Waals surface area contributed by atoms with E-state index >= 15 is 0 Å². The van der Waals surface area contributed by atoms with Gasteiger partial charge < -0.3 is 0 Å². The van der Waals surface area contributed by atoms with Gasteiger partial charge in [-0.15, -0.1) is 16.4 Å². The highest BCUT2D eigenvalue weighted by atomic mass is 32.1. The van der Waals surface area contributed by atoms with Crippen LogP contribution < -0.4 is 5.32 Å². The number of carbonyl (C=O) groups is 1. The molecule has 8 nitrogen and oxygen atoms in total. The number of nitrogens with zero attached hydrogens (tertiary/aromatic N) is 6. The molecule has 0 aromatic carbocycles. The Morgan fingerprint density at radius 2 is 2.04 bits per heavy atom. The molecule has 1 N–H and O–H groups in total. The van der Waals surface area contributed by atoms with E-state index in [0.29, 0.717) is 22.3 Å². The minimum absolute atomic E-state index is 0.223. The fraction of sp³-hybridized carbons (Fsp3) is 0. The number of aromatic nitrogens is 6. The maximum Gasteiger partial charge on any atom is 0.277 e. The zero-order chi connectivity index (χ0) is 17.9. The van der Waals surface area contributed by atoms with Gasteiger partial charge in [0.1, 0.15) is 11.5 Å². The summed E-state index contributed by atoms with van der Waals surface area (Å²) in [5, 5.41) is 12.5. The van der Waals surface area contributed by atoms with E-state index in [9.17, 15) is 9.18 Å². The number of anilines is 1. The lowest BCUT2D eigenvalue weighted by atomic mass is 10.3. The fourth-order valence-corrected chi connectivity index (χ4v) is 2.87. The molecule has 0 aliphatic heterocycles. The van der Waals surface area contributed by atoms with Crippen molar-refractivity contribution >= 4 is 22.4 Å². The van der Waals surface area contributed by atoms with Crippen molar-refractivity contribution in [2.75, 3.05) is 5.32 Å². The Kier molecular flexibility index (Phi) is 4.15. The van der Waals surface area contributed by atoms with Gasteiger partial charge in [-0.3, -0.25) is 15.1 Å². The highest BCUT2D eigenvalue weighted by molar-refractivity contribution is 7.14. The van der Waals surface area contributed by atoms with Crippen LogP contribution in [0.5, 0.6) is 0 Å². The molecule has 0 atom stereocenters. The van der Waals surface area contributed by atoms with Gasteiger partial charge >= 0.3 is 0 Å². The Bertz CT molecular complexity index is 1050. The second-order valence-electron chi connectivity index (χ2n) is 5.07. The van der Waals surface area contributed by atoms with E-state index in [1.54, 1.807) is 29.8 Å². The summed E-state index contributed by atoms with van der Waals surface area (Å²) in [6.45, 7) is 0. The van der Waals surface area contributed by atoms with Gasteiger partial charge in [-0.1, -0.05) is 11.3 Å². The average Bonchev–Trinajstić information content (AvgIpc) is 3.32. The third kappa shape index (κ3) is 3.17. The van der Waals surface area contributed by atoms with Gasteiger partial charge in [-0.25, -0.2) is 14.4 Å². The molecule has 4 rings (SSSR count). The number of rotatable bonds is 4. The van der Waals surface area contributed by atoms with E-state index in [2.05, 4.69) is 30.6 Å². The van der Waals surface area contributed by atoms with Crippen molar-refractivity contribution in [1.82, 2.24) is 29.9 Å². The van der Waals surface area contributed by atoms with Gasteiger partial charge in [0, 0.05) is 11.6 Å². The molecule has 0 radical (unpaired) electrons. The minimum Gasteiger partial charge on any atom is -0.296 e. The number of amides is 1. The predicted octanol–water partition coefficient (Wildman–Crippen LogP) is 2.57. The van der Waals surface area contributed by atoms with Gasteiger partial charge in [-0.05, 0) is 24.3 Å². The molecule has 1 amide bonds. The number of nitrogens with one attached hydrogen (secondary N) is 1. The van der Waals surface area contributed by atoms with Crippen LogP contribution in [0.3, 0.4) is 0 Å². The molecule has 0 aliphatic carbocycles. The number of hydrogen-bond donors (Lipinski definition) is 1. The number of halogens is 1. The molecule has 26 heavy (non-hydrogen) atoms. The molecule has 0 saturated carbocycles. The van der Waals surface area contributed by atoms with E-state index in [0.717, 1.165) is 6.20 Å². The number of pyridine rings is 2. The summed E-state index contributed by atoms with van der Waals surface area (Å²) < 4.78 is 14.3. The number of thiazole rings is 1. The maximum absolute atomic E-state index is 13.0. The predicted molar refractivity (Wildman–Crippen MR) is 92.4 cm³/mol. The lowest BCUT2D eigenvalue weighted by Gasteiger charge is -2.04. The van der Waals surface area contributed by atoms with Crippen molar-refractivity contribution in [2.45, 2.75) is 0 Å². The molecule has 128 valence electrons. The summed E-state index contributed by atoms with van der Waals surface area (Å²) in [6.07, 6.45) is 4.06. The molecule has 0 aliphatic rings. The van der Waals surface area contributed by atoms with E-state index in [1.807, 2.05) is 0 Å². The molecular weight excluding hydrogens is 357 g/mol. The summed E-state index contributed by atoms with van der Waals surface area (Å²) >= 11 is 1.23. The Morgan fingerprint density at radius 3 is 2.81 bits per heavy atom. The molecule has 4 aromatic heterocycles. The van der Waals surface area contributed by atoms with Crippen molar-refractivity contribution in [1.29, 1.82) is 0 Å². The zero-order valence-electron chi connectivity index (χ0n) is 13.1. The van der Waals surface area contributed by atoms with Crippen molar-refractivity contribution in [3.8, 4) is 17.2 Å². The Labute approximate surface area is 150 Å². The molecule has 0 fully saturated rings. The molecule has 0 spiro atoms. The van der Waals surface area contributed by atoms with Crippen LogP contribution in [0.4, 0.5) is 9.52 Å². The highest BCUT2D eigenvalue weighted by Crippen LogP contribution is 2.24. The molecule has 10 heteroatoms. The summed E-state index contributed by atoms with van der Waals surface area (Å²) in [6, 6.07) is 8.09. The third-order valence-corrected chi connectivity index (χ3v) is 4.12. The van der Waals surface area contributed by atoms with Crippen LogP contribution in [0.15, 0.2) is 54.3 Å². The van der Waals surface area contributed by atoms with E-state index in [-0.39, 0.29) is 5.69 Å². The molecular formula is C16H10FN7OS. The van der Waals surface area contributed by atoms with Crippen molar-refractivity contribution < 1.29 is 9.18 Å². The van der Waals surface area contributed by atoms with Gasteiger partial charge in [0.15, 0.2) is 16.6 Å². The average molecular weight is 367 g/mol. The van der Waals surface area contributed by atoms with E-state index < -0.39 is 11.7 Å². The standard InChI is InChI=1S/C16H10FN7OS/c17-10-4-5-11(19-7-10)12-9-26-16(21-12)22-15(25)13-8-20-23-24(13)14-3-1-2-6-18-14/h1-9H,(H,21,22,25). The van der Waals surface area contributed by atoms with Crippen LogP contribution in [0.1, 0.15) is 10.5 Å². The second kappa shape index (κ2) is 6.76. The van der Waals surface area contributed by atoms with Crippen molar-refractivity contribution in [3.05, 3.63) is 65.8 Å². The lowest BCUT2D eigenvalue weighted by molar-refractivity contribution is 0.101. The summed E-state index contributed by atoms with van der Waals surface area (Å²) in [5.74, 6) is -0.369. The maximum atomic E-state index is 13.0. The Balaban J connectivity index is 1.55. The molecule has 0 bridgehead atoms. The minimum atomic E-state index is -0.423. The quantitative estimate of drug-likeness (QED) is 0.595. The first-order chi connectivity index (χ1) is 12.7. The number of hydrogen-bond acceptors (Lipinski definition) is 7. The monoisotopic (exact) mass is 367 g/mol. The van der Waals surface area contributed by atoms with Crippen LogP contribution in [-0.2, 0) is 0 Å². The molecule has 4 aromatic rings. The second-order valence-corrected chi connectivity index (χ2v) is 5.93. The molecule has 4 heterocycles. The fourth-order valence-electron chi connectivity index (χ4n) is 2.18. The largest absolute Gasteiger partial charge is 0.296 e. The van der Waals surface area contributed by atoms with Gasteiger partial charge in [0.2, 0.25) is 0 Å². The first-order valence-corrected chi connectivity index (χ1v) is 8.29. The third-order valence-electron chi connectivity index (χ3n) is 3.36. The Morgan fingerprint density at radius 1 is 1.12 bits per heavy atom. The van der Waals surface area contributed by atoms with Gasteiger partial charge in [0.25, 0.3) is 5.91 Å². The Hall–Kier alpha value is -3.53. The zero-order valence-corrected chi connectivity index (χ0v) is 13.9. The van der Waals surface area contributed by atoms with Crippen LogP contribution >= 0.6 is 11.3 Å². The summed E-state index contributed by atoms with van der Waals surface area (Å²) in [5.41, 5.74) is 1.28. The van der Waals surface area contributed by atoms with E-state index in [4.69, 9.17) is 0 Å². The van der Waals surface area contributed by atoms with Crippen LogP contribution in [0, 0.1) is 5.82 Å². The topological polar surface area (TPSA) is 98.5 Å².